The van der Waals surface area contributed by atoms with Crippen LogP contribution in [0, 0.1) is 31.0 Å². The molecule has 0 radical (unpaired) electrons. The number of hydrogen-bond donors (Lipinski definition) is 1. The number of amides is 1. The third-order valence-corrected chi connectivity index (χ3v) is 3.23. The van der Waals surface area contributed by atoms with Gasteiger partial charge >= 0.3 is 0 Å². The highest BCUT2D eigenvalue weighted by molar-refractivity contribution is 5.93. The number of hydrogen-bond acceptors (Lipinski definition) is 2. The number of nitrogens with zero attached hydrogens (tertiary/aromatic N) is 1. The topological polar surface area (TPSA) is 52.9 Å². The monoisotopic (exact) mass is 282 g/mol. The first kappa shape index (κ1) is 14.7. The van der Waals surface area contributed by atoms with Gasteiger partial charge in [0.1, 0.15) is 11.9 Å². The third-order valence-electron chi connectivity index (χ3n) is 3.23. The van der Waals surface area contributed by atoms with Gasteiger partial charge in [-0.05, 0) is 43.2 Å². The van der Waals surface area contributed by atoms with Gasteiger partial charge in [-0.2, -0.15) is 5.26 Å². The Labute approximate surface area is 123 Å². The van der Waals surface area contributed by atoms with E-state index in [1.807, 2.05) is 38.1 Å². The van der Waals surface area contributed by atoms with E-state index in [-0.39, 0.29) is 17.9 Å². The van der Waals surface area contributed by atoms with Gasteiger partial charge in [-0.1, -0.05) is 23.8 Å². The fraction of sp³-hybridized carbons (Fsp3) is 0.176. The summed E-state index contributed by atoms with van der Waals surface area (Å²) in [5.41, 5.74) is 3.50. The molecule has 0 saturated heterocycles. The van der Waals surface area contributed by atoms with Gasteiger partial charge < -0.3 is 5.32 Å². The molecule has 2 rings (SSSR count). The number of halogens is 1. The molecule has 3 nitrogen and oxygen atoms in total. The van der Waals surface area contributed by atoms with Crippen molar-refractivity contribution in [3.8, 4) is 6.07 Å². The van der Waals surface area contributed by atoms with E-state index in [0.29, 0.717) is 5.69 Å². The zero-order chi connectivity index (χ0) is 15.4. The number of anilines is 1. The molecule has 2 aromatic carbocycles. The summed E-state index contributed by atoms with van der Waals surface area (Å²) in [5, 5.41) is 11.6. The Hall–Kier alpha value is -2.67. The molecule has 4 heteroatoms. The molecule has 2 aromatic rings. The number of carbonyl (C=O) groups excluding carboxylic acids is 1. The molecular weight excluding hydrogens is 267 g/mol. The molecule has 0 fully saturated rings. The van der Waals surface area contributed by atoms with Crippen molar-refractivity contribution in [2.45, 2.75) is 20.3 Å². The minimum Gasteiger partial charge on any atom is -0.325 e. The molecule has 0 atom stereocenters. The van der Waals surface area contributed by atoms with Crippen LogP contribution in [0.15, 0.2) is 36.4 Å². The largest absolute Gasteiger partial charge is 0.325 e. The Morgan fingerprint density at radius 1 is 1.24 bits per heavy atom. The van der Waals surface area contributed by atoms with E-state index < -0.39 is 5.82 Å². The molecule has 0 aliphatic rings. The van der Waals surface area contributed by atoms with Gasteiger partial charge in [-0.15, -0.1) is 0 Å². The van der Waals surface area contributed by atoms with Crippen molar-refractivity contribution >= 4 is 11.6 Å². The van der Waals surface area contributed by atoms with Gasteiger partial charge in [0, 0.05) is 0 Å². The van der Waals surface area contributed by atoms with E-state index in [0.717, 1.165) is 22.8 Å². The predicted octanol–water partition coefficient (Wildman–Crippen LogP) is 3.50. The van der Waals surface area contributed by atoms with Gasteiger partial charge in [-0.3, -0.25) is 4.79 Å². The summed E-state index contributed by atoms with van der Waals surface area (Å²) in [6.07, 6.45) is 0.218. The van der Waals surface area contributed by atoms with E-state index in [1.54, 1.807) is 0 Å². The first-order chi connectivity index (χ1) is 9.99. The Morgan fingerprint density at radius 3 is 2.71 bits per heavy atom. The van der Waals surface area contributed by atoms with Crippen molar-refractivity contribution in [2.24, 2.45) is 0 Å². The average Bonchev–Trinajstić information content (AvgIpc) is 2.44. The lowest BCUT2D eigenvalue weighted by Gasteiger charge is -2.09. The second-order valence-electron chi connectivity index (χ2n) is 4.96. The van der Waals surface area contributed by atoms with Crippen LogP contribution in [-0.2, 0) is 11.2 Å². The van der Waals surface area contributed by atoms with Crippen molar-refractivity contribution < 1.29 is 9.18 Å². The zero-order valence-corrected chi connectivity index (χ0v) is 11.9. The van der Waals surface area contributed by atoms with E-state index in [2.05, 4.69) is 5.32 Å². The predicted molar refractivity (Wildman–Crippen MR) is 79.4 cm³/mol. The standard InChI is InChI=1S/C17H15FN2O/c1-11-3-4-12(2)13(7-11)9-17(21)20-16-6-5-15(18)8-14(16)10-19/h3-8H,9H2,1-2H3,(H,20,21). The molecule has 1 N–H and O–H groups in total. The minimum atomic E-state index is -0.501. The van der Waals surface area contributed by atoms with E-state index in [4.69, 9.17) is 5.26 Å². The molecule has 21 heavy (non-hydrogen) atoms. The highest BCUT2D eigenvalue weighted by Gasteiger charge is 2.10. The van der Waals surface area contributed by atoms with Crippen LogP contribution in [0.2, 0.25) is 0 Å². The Morgan fingerprint density at radius 2 is 2.00 bits per heavy atom. The lowest BCUT2D eigenvalue weighted by molar-refractivity contribution is -0.115. The van der Waals surface area contributed by atoms with Crippen molar-refractivity contribution in [3.05, 3.63) is 64.5 Å². The van der Waals surface area contributed by atoms with Crippen LogP contribution < -0.4 is 5.32 Å². The van der Waals surface area contributed by atoms with Gasteiger partial charge in [0.25, 0.3) is 0 Å². The number of aryl methyl sites for hydroxylation is 2. The summed E-state index contributed by atoms with van der Waals surface area (Å²) in [7, 11) is 0. The zero-order valence-electron chi connectivity index (χ0n) is 11.9. The van der Waals surface area contributed by atoms with Crippen LogP contribution in [-0.4, -0.2) is 5.91 Å². The third kappa shape index (κ3) is 3.67. The fourth-order valence-corrected chi connectivity index (χ4v) is 2.08. The van der Waals surface area contributed by atoms with Gasteiger partial charge in [-0.25, -0.2) is 4.39 Å². The number of rotatable bonds is 3. The second kappa shape index (κ2) is 6.19. The lowest BCUT2D eigenvalue weighted by Crippen LogP contribution is -2.16. The summed E-state index contributed by atoms with van der Waals surface area (Å²) in [6, 6.07) is 11.5. The van der Waals surface area contributed by atoms with Crippen LogP contribution in [0.5, 0.6) is 0 Å². The van der Waals surface area contributed by atoms with Crippen molar-refractivity contribution in [1.29, 1.82) is 5.26 Å². The van der Waals surface area contributed by atoms with Gasteiger partial charge in [0.2, 0.25) is 5.91 Å². The van der Waals surface area contributed by atoms with Gasteiger partial charge in [0.05, 0.1) is 17.7 Å². The highest BCUT2D eigenvalue weighted by Crippen LogP contribution is 2.17. The summed E-state index contributed by atoms with van der Waals surface area (Å²) in [6.45, 7) is 3.91. The summed E-state index contributed by atoms with van der Waals surface area (Å²) in [5.74, 6) is -0.731. The maximum absolute atomic E-state index is 13.1. The molecule has 0 saturated carbocycles. The van der Waals surface area contributed by atoms with Crippen molar-refractivity contribution in [3.63, 3.8) is 0 Å². The quantitative estimate of drug-likeness (QED) is 0.936. The number of benzene rings is 2. The Bertz CT molecular complexity index is 732. The van der Waals surface area contributed by atoms with Crippen LogP contribution in [0.4, 0.5) is 10.1 Å². The molecule has 0 heterocycles. The van der Waals surface area contributed by atoms with Crippen LogP contribution in [0.3, 0.4) is 0 Å². The maximum Gasteiger partial charge on any atom is 0.228 e. The van der Waals surface area contributed by atoms with E-state index in [1.165, 1.54) is 12.1 Å². The minimum absolute atomic E-state index is 0.115. The average molecular weight is 282 g/mol. The molecule has 106 valence electrons. The summed E-state index contributed by atoms with van der Waals surface area (Å²) >= 11 is 0. The summed E-state index contributed by atoms with van der Waals surface area (Å²) in [4.78, 5) is 12.1. The second-order valence-corrected chi connectivity index (χ2v) is 4.96. The molecule has 0 aliphatic heterocycles. The number of nitrogens with one attached hydrogen (secondary N) is 1. The highest BCUT2D eigenvalue weighted by atomic mass is 19.1. The fourth-order valence-electron chi connectivity index (χ4n) is 2.08. The van der Waals surface area contributed by atoms with Crippen molar-refractivity contribution in [2.75, 3.05) is 5.32 Å². The lowest BCUT2D eigenvalue weighted by atomic mass is 10.0. The molecule has 0 aliphatic carbocycles. The number of carbonyl (C=O) groups is 1. The molecular formula is C17H15FN2O. The van der Waals surface area contributed by atoms with E-state index >= 15 is 0 Å². The van der Waals surface area contributed by atoms with Crippen LogP contribution >= 0.6 is 0 Å². The first-order valence-corrected chi connectivity index (χ1v) is 6.55. The van der Waals surface area contributed by atoms with E-state index in [9.17, 15) is 9.18 Å². The molecule has 1 amide bonds. The summed E-state index contributed by atoms with van der Waals surface area (Å²) < 4.78 is 13.1. The number of nitriles is 1. The molecule has 0 aromatic heterocycles. The van der Waals surface area contributed by atoms with Gasteiger partial charge in [0.15, 0.2) is 0 Å². The van der Waals surface area contributed by atoms with Crippen molar-refractivity contribution in [1.82, 2.24) is 0 Å². The molecule has 0 unspecified atom stereocenters. The SMILES string of the molecule is Cc1ccc(C)c(CC(=O)Nc2ccc(F)cc2C#N)c1. The van der Waals surface area contributed by atoms with Crippen LogP contribution in [0.1, 0.15) is 22.3 Å². The van der Waals surface area contributed by atoms with Crippen LogP contribution in [0.25, 0.3) is 0 Å². The Kier molecular flexibility index (Phi) is 4.34. The molecule has 0 bridgehead atoms. The first-order valence-electron chi connectivity index (χ1n) is 6.55. The normalized spacial score (nSPS) is 10.0. The molecule has 0 spiro atoms. The smallest absolute Gasteiger partial charge is 0.228 e. The Balaban J connectivity index is 2.16. The maximum atomic E-state index is 13.1.